The van der Waals surface area contributed by atoms with Crippen LogP contribution in [0, 0.1) is 29.1 Å². The van der Waals surface area contributed by atoms with E-state index in [1.165, 1.54) is 0 Å². The van der Waals surface area contributed by atoms with Crippen molar-refractivity contribution in [3.8, 4) is 0 Å². The van der Waals surface area contributed by atoms with Gasteiger partial charge in [-0.15, -0.1) is 0 Å². The van der Waals surface area contributed by atoms with Crippen molar-refractivity contribution in [3.63, 3.8) is 0 Å². The number of rotatable bonds is 3. The Labute approximate surface area is 93.1 Å². The Bertz CT molecular complexity index is 248. The molecule has 0 aromatic rings. The van der Waals surface area contributed by atoms with Crippen molar-refractivity contribution >= 4 is 5.78 Å². The Hall–Kier alpha value is -0.370. The second-order valence-electron chi connectivity index (χ2n) is 6.29. The molecule has 0 spiro atoms. The van der Waals surface area contributed by atoms with E-state index in [4.69, 9.17) is 0 Å². The summed E-state index contributed by atoms with van der Waals surface area (Å²) >= 11 is 0. The summed E-state index contributed by atoms with van der Waals surface area (Å²) in [4.78, 5) is 12.0. The zero-order valence-corrected chi connectivity index (χ0v) is 10.7. The summed E-state index contributed by atoms with van der Waals surface area (Å²) in [5.74, 6) is 1.03. The third-order valence-electron chi connectivity index (χ3n) is 3.53. The predicted octanol–water partition coefficient (Wildman–Crippen LogP) is 2.50. The molecule has 2 nitrogen and oxygen atoms in total. The minimum atomic E-state index is -0.359. The monoisotopic (exact) mass is 212 g/mol. The van der Waals surface area contributed by atoms with Crippen LogP contribution < -0.4 is 0 Å². The molecule has 15 heavy (non-hydrogen) atoms. The first-order valence-electron chi connectivity index (χ1n) is 5.89. The first-order valence-corrected chi connectivity index (χ1v) is 5.89. The van der Waals surface area contributed by atoms with E-state index in [0.717, 1.165) is 0 Å². The van der Waals surface area contributed by atoms with Gasteiger partial charge in [-0.2, -0.15) is 0 Å². The molecule has 0 radical (unpaired) electrons. The number of ketones is 1. The predicted molar refractivity (Wildman–Crippen MR) is 61.5 cm³/mol. The summed E-state index contributed by atoms with van der Waals surface area (Å²) in [5.41, 5.74) is 0.122. The molecule has 0 unspecified atom stereocenters. The van der Waals surface area contributed by atoms with E-state index in [2.05, 4.69) is 20.8 Å². The third-order valence-corrected chi connectivity index (χ3v) is 3.53. The van der Waals surface area contributed by atoms with Crippen molar-refractivity contribution < 1.29 is 9.90 Å². The lowest BCUT2D eigenvalue weighted by molar-refractivity contribution is -0.124. The molecular formula is C13H24O2. The Kier molecular flexibility index (Phi) is 3.30. The van der Waals surface area contributed by atoms with Crippen LogP contribution in [-0.2, 0) is 4.79 Å². The van der Waals surface area contributed by atoms with Crippen LogP contribution in [0.5, 0.6) is 0 Å². The van der Waals surface area contributed by atoms with E-state index < -0.39 is 0 Å². The molecule has 0 saturated heterocycles. The molecule has 4 atom stereocenters. The molecule has 0 aromatic heterocycles. The van der Waals surface area contributed by atoms with E-state index in [9.17, 15) is 9.90 Å². The van der Waals surface area contributed by atoms with Crippen LogP contribution in [0.1, 0.15) is 41.5 Å². The summed E-state index contributed by atoms with van der Waals surface area (Å²) in [6.07, 6.45) is -0.359. The highest BCUT2D eigenvalue weighted by Gasteiger charge is 2.60. The highest BCUT2D eigenvalue weighted by atomic mass is 16.3. The maximum Gasteiger partial charge on any atom is 0.139 e. The molecule has 1 aliphatic rings. The molecule has 1 N–H and O–H groups in total. The average molecular weight is 212 g/mol. The minimum Gasteiger partial charge on any atom is -0.393 e. The van der Waals surface area contributed by atoms with Crippen molar-refractivity contribution in [2.45, 2.75) is 47.6 Å². The lowest BCUT2D eigenvalue weighted by Crippen LogP contribution is -2.16. The van der Waals surface area contributed by atoms with Crippen molar-refractivity contribution in [3.05, 3.63) is 0 Å². The largest absolute Gasteiger partial charge is 0.393 e. The first kappa shape index (κ1) is 12.7. The van der Waals surface area contributed by atoms with Gasteiger partial charge in [0, 0.05) is 11.8 Å². The number of carbonyl (C=O) groups is 1. The molecule has 2 heteroatoms. The molecule has 1 saturated carbocycles. The van der Waals surface area contributed by atoms with Gasteiger partial charge in [0.05, 0.1) is 6.10 Å². The number of carbonyl (C=O) groups excluding carboxylic acids is 1. The van der Waals surface area contributed by atoms with Crippen LogP contribution in [0.25, 0.3) is 0 Å². The molecule has 0 heterocycles. The minimum absolute atomic E-state index is 0.0867. The summed E-state index contributed by atoms with van der Waals surface area (Å²) in [5, 5.41) is 9.67. The highest BCUT2D eigenvalue weighted by Crippen LogP contribution is 2.58. The zero-order chi connectivity index (χ0) is 12.0. The van der Waals surface area contributed by atoms with E-state index in [-0.39, 0.29) is 29.3 Å². The van der Waals surface area contributed by atoms with E-state index in [1.807, 2.05) is 13.8 Å². The van der Waals surface area contributed by atoms with E-state index in [1.54, 1.807) is 6.92 Å². The van der Waals surface area contributed by atoms with Crippen LogP contribution in [0.15, 0.2) is 0 Å². The van der Waals surface area contributed by atoms with Crippen LogP contribution in [0.4, 0.5) is 0 Å². The van der Waals surface area contributed by atoms with Crippen LogP contribution in [0.2, 0.25) is 0 Å². The van der Waals surface area contributed by atoms with Gasteiger partial charge in [0.25, 0.3) is 0 Å². The van der Waals surface area contributed by atoms with Crippen molar-refractivity contribution in [2.24, 2.45) is 29.1 Å². The fraction of sp³-hybridized carbons (Fsp3) is 0.923. The number of hydrogen-bond donors (Lipinski definition) is 1. The maximum atomic E-state index is 12.0. The summed E-state index contributed by atoms with van der Waals surface area (Å²) in [6.45, 7) is 12.2. The molecule has 0 bridgehead atoms. The van der Waals surface area contributed by atoms with Crippen LogP contribution in [0.3, 0.4) is 0 Å². The summed E-state index contributed by atoms with van der Waals surface area (Å²) < 4.78 is 0. The van der Waals surface area contributed by atoms with Gasteiger partial charge in [-0.25, -0.2) is 0 Å². The van der Waals surface area contributed by atoms with Gasteiger partial charge < -0.3 is 5.11 Å². The molecule has 1 aliphatic carbocycles. The van der Waals surface area contributed by atoms with Crippen LogP contribution in [-0.4, -0.2) is 17.0 Å². The summed E-state index contributed by atoms with van der Waals surface area (Å²) in [7, 11) is 0. The number of Topliss-reactive ketones (excluding diaryl/α,β-unsaturated/α-hetero) is 1. The van der Waals surface area contributed by atoms with Crippen molar-refractivity contribution in [1.82, 2.24) is 0 Å². The van der Waals surface area contributed by atoms with Gasteiger partial charge >= 0.3 is 0 Å². The second kappa shape index (κ2) is 3.89. The Balaban J connectivity index is 2.79. The van der Waals surface area contributed by atoms with Gasteiger partial charge in [0.1, 0.15) is 5.78 Å². The molecule has 88 valence electrons. The highest BCUT2D eigenvalue weighted by molar-refractivity contribution is 5.86. The quantitative estimate of drug-likeness (QED) is 0.780. The van der Waals surface area contributed by atoms with Crippen LogP contribution >= 0.6 is 0 Å². The molecule has 1 rings (SSSR count). The normalized spacial score (nSPS) is 32.9. The molecule has 0 aromatic carbocycles. The molecule has 0 amide bonds. The lowest BCUT2D eigenvalue weighted by atomic mass is 9.86. The second-order valence-corrected chi connectivity index (χ2v) is 6.29. The summed E-state index contributed by atoms with van der Waals surface area (Å²) in [6, 6.07) is 0. The number of hydrogen-bond acceptors (Lipinski definition) is 2. The molecule has 1 fully saturated rings. The SMILES string of the molecule is CC(C)C(=O)[C@H]1[C@H]([C@@H](C)O)[C@@H]1C(C)(C)C. The first-order chi connectivity index (χ1) is 6.68. The van der Waals surface area contributed by atoms with Crippen molar-refractivity contribution in [1.29, 1.82) is 0 Å². The van der Waals surface area contributed by atoms with Gasteiger partial charge in [-0.3, -0.25) is 4.79 Å². The lowest BCUT2D eigenvalue weighted by Gasteiger charge is -2.19. The fourth-order valence-electron chi connectivity index (χ4n) is 2.80. The zero-order valence-electron chi connectivity index (χ0n) is 10.7. The van der Waals surface area contributed by atoms with Gasteiger partial charge in [0.2, 0.25) is 0 Å². The number of aliphatic hydroxyl groups excluding tert-OH is 1. The topological polar surface area (TPSA) is 37.3 Å². The van der Waals surface area contributed by atoms with Gasteiger partial charge in [0.15, 0.2) is 0 Å². The van der Waals surface area contributed by atoms with E-state index >= 15 is 0 Å². The van der Waals surface area contributed by atoms with E-state index in [0.29, 0.717) is 11.7 Å². The Morgan fingerprint density at radius 3 is 1.87 bits per heavy atom. The van der Waals surface area contributed by atoms with Crippen molar-refractivity contribution in [2.75, 3.05) is 0 Å². The average Bonchev–Trinajstić information content (AvgIpc) is 2.75. The standard InChI is InChI=1S/C13H24O2/c1-7(2)12(15)10-9(8(3)14)11(10)13(4,5)6/h7-11,14H,1-6H3/t8-,9+,10+,11+/m1/s1. The number of aliphatic hydroxyl groups is 1. The maximum absolute atomic E-state index is 12.0. The van der Waals surface area contributed by atoms with Gasteiger partial charge in [-0.05, 0) is 24.2 Å². The Morgan fingerprint density at radius 2 is 1.67 bits per heavy atom. The van der Waals surface area contributed by atoms with Gasteiger partial charge in [-0.1, -0.05) is 34.6 Å². The third kappa shape index (κ3) is 2.41. The smallest absolute Gasteiger partial charge is 0.139 e. The Morgan fingerprint density at radius 1 is 1.20 bits per heavy atom. The molecular weight excluding hydrogens is 188 g/mol. The molecule has 0 aliphatic heterocycles. The fourth-order valence-corrected chi connectivity index (χ4v) is 2.80.